The first-order valence-corrected chi connectivity index (χ1v) is 10.4. The van der Waals surface area contributed by atoms with E-state index < -0.39 is 5.97 Å². The Morgan fingerprint density at radius 3 is 2.58 bits per heavy atom. The number of carbonyl (C=O) groups is 2. The third-order valence-electron chi connectivity index (χ3n) is 4.91. The summed E-state index contributed by atoms with van der Waals surface area (Å²) in [5, 5.41) is 19.7. The van der Waals surface area contributed by atoms with Crippen LogP contribution in [0.3, 0.4) is 0 Å². The number of nitrogen functional groups attached to an aromatic ring is 1. The number of benzene rings is 2. The molecule has 0 aliphatic carbocycles. The Hall–Kier alpha value is -3.68. The smallest absolute Gasteiger partial charge is 0.303 e. The largest absolute Gasteiger partial charge is 0.481 e. The molecule has 3 aromatic rings. The molecule has 8 heteroatoms. The Kier molecular flexibility index (Phi) is 7.75. The average molecular weight is 422 g/mol. The third kappa shape index (κ3) is 6.95. The second-order valence-electron chi connectivity index (χ2n) is 7.39. The number of anilines is 2. The zero-order chi connectivity index (χ0) is 22.1. The molecule has 162 valence electrons. The number of nitrogens with one attached hydrogen (secondary N) is 1. The van der Waals surface area contributed by atoms with Crippen LogP contribution in [0.1, 0.15) is 37.8 Å². The molecule has 0 saturated heterocycles. The van der Waals surface area contributed by atoms with E-state index >= 15 is 0 Å². The Balaban J connectivity index is 1.47. The normalized spacial score (nSPS) is 10.7. The van der Waals surface area contributed by atoms with Gasteiger partial charge in [0.1, 0.15) is 0 Å². The number of nitrogens with zero attached hydrogens (tertiary/aromatic N) is 3. The molecule has 0 aliphatic rings. The van der Waals surface area contributed by atoms with Gasteiger partial charge in [-0.25, -0.2) is 0 Å². The summed E-state index contributed by atoms with van der Waals surface area (Å²) in [6, 6.07) is 15.5. The first kappa shape index (κ1) is 22.0. The van der Waals surface area contributed by atoms with Gasteiger partial charge in [-0.3, -0.25) is 14.3 Å². The lowest BCUT2D eigenvalue weighted by atomic mass is 10.0. The van der Waals surface area contributed by atoms with Crippen LogP contribution in [-0.2, 0) is 22.6 Å². The molecule has 0 aliphatic heterocycles. The number of hydrogen-bond donors (Lipinski definition) is 3. The van der Waals surface area contributed by atoms with Gasteiger partial charge >= 0.3 is 5.97 Å². The highest BCUT2D eigenvalue weighted by Gasteiger charge is 2.09. The minimum Gasteiger partial charge on any atom is -0.481 e. The van der Waals surface area contributed by atoms with Gasteiger partial charge in [-0.15, -0.1) is 5.10 Å². The van der Waals surface area contributed by atoms with Gasteiger partial charge in [-0.1, -0.05) is 48.0 Å². The Labute approximate surface area is 181 Å². The molecule has 0 spiro atoms. The van der Waals surface area contributed by atoms with E-state index in [1.54, 1.807) is 10.7 Å². The van der Waals surface area contributed by atoms with Gasteiger partial charge in [0.2, 0.25) is 5.91 Å². The molecule has 0 fully saturated rings. The van der Waals surface area contributed by atoms with Crippen LogP contribution in [0.4, 0.5) is 11.4 Å². The molecular formula is C23H27N5O3. The molecule has 31 heavy (non-hydrogen) atoms. The lowest BCUT2D eigenvalue weighted by Crippen LogP contribution is -2.13. The number of amides is 1. The molecule has 0 radical (unpaired) electrons. The van der Waals surface area contributed by atoms with Gasteiger partial charge in [-0.2, -0.15) is 0 Å². The van der Waals surface area contributed by atoms with Crippen LogP contribution in [0, 0.1) is 0 Å². The first-order valence-electron chi connectivity index (χ1n) is 10.4. The Bertz CT molecular complexity index is 1020. The van der Waals surface area contributed by atoms with Gasteiger partial charge < -0.3 is 16.2 Å². The summed E-state index contributed by atoms with van der Waals surface area (Å²) in [5.74, 6) is -0.907. The van der Waals surface area contributed by atoms with Gasteiger partial charge in [0.25, 0.3) is 0 Å². The summed E-state index contributed by atoms with van der Waals surface area (Å²) in [4.78, 5) is 22.9. The lowest BCUT2D eigenvalue weighted by Gasteiger charge is -2.10. The van der Waals surface area contributed by atoms with E-state index in [1.165, 1.54) is 0 Å². The number of carboxylic acid groups (broad SMARTS) is 1. The number of carbonyl (C=O) groups excluding carboxylic acids is 1. The Morgan fingerprint density at radius 2 is 1.81 bits per heavy atom. The van der Waals surface area contributed by atoms with Crippen molar-refractivity contribution >= 4 is 23.3 Å². The van der Waals surface area contributed by atoms with Gasteiger partial charge in [-0.05, 0) is 36.1 Å². The topological polar surface area (TPSA) is 123 Å². The third-order valence-corrected chi connectivity index (χ3v) is 4.91. The fraction of sp³-hybridized carbons (Fsp3) is 0.304. The molecule has 1 aromatic heterocycles. The molecule has 0 atom stereocenters. The standard InChI is InChI=1S/C23H27N5O3/c24-20-12-10-18(17-7-3-1-4-8-17)15-21(20)25-22(29)13-11-19-16-28(27-26-19)14-6-2-5-9-23(30)31/h1,3-4,7-8,10,12,15-16H,2,5-6,9,11,13-14,24H2,(H,25,29)(H,30,31). The van der Waals surface area contributed by atoms with Crippen LogP contribution >= 0.6 is 0 Å². The van der Waals surface area contributed by atoms with Crippen molar-refractivity contribution in [2.24, 2.45) is 0 Å². The monoisotopic (exact) mass is 421 g/mol. The first-order chi connectivity index (χ1) is 15.0. The number of aryl methyl sites for hydroxylation is 2. The maximum atomic E-state index is 12.4. The summed E-state index contributed by atoms with van der Waals surface area (Å²) in [5.41, 5.74) is 9.93. The second kappa shape index (κ2) is 10.9. The summed E-state index contributed by atoms with van der Waals surface area (Å²) >= 11 is 0. The van der Waals surface area contributed by atoms with Crippen molar-refractivity contribution in [3.63, 3.8) is 0 Å². The van der Waals surface area contributed by atoms with Crippen molar-refractivity contribution in [3.05, 3.63) is 60.4 Å². The fourth-order valence-corrected chi connectivity index (χ4v) is 3.22. The average Bonchev–Trinajstić information content (AvgIpc) is 3.22. The van der Waals surface area contributed by atoms with E-state index in [0.717, 1.165) is 29.7 Å². The highest BCUT2D eigenvalue weighted by molar-refractivity contribution is 5.95. The summed E-state index contributed by atoms with van der Waals surface area (Å²) in [7, 11) is 0. The summed E-state index contributed by atoms with van der Waals surface area (Å²) < 4.78 is 1.73. The van der Waals surface area contributed by atoms with Crippen molar-refractivity contribution in [2.45, 2.75) is 45.1 Å². The van der Waals surface area contributed by atoms with E-state index in [1.807, 2.05) is 48.7 Å². The van der Waals surface area contributed by atoms with Crippen LogP contribution in [-0.4, -0.2) is 32.0 Å². The molecule has 3 rings (SSSR count). The van der Waals surface area contributed by atoms with Crippen LogP contribution in [0.25, 0.3) is 11.1 Å². The van der Waals surface area contributed by atoms with Crippen LogP contribution in [0.15, 0.2) is 54.7 Å². The summed E-state index contributed by atoms with van der Waals surface area (Å²) in [6.45, 7) is 0.682. The number of aromatic nitrogens is 3. The van der Waals surface area contributed by atoms with Crippen molar-refractivity contribution in [3.8, 4) is 11.1 Å². The van der Waals surface area contributed by atoms with Crippen molar-refractivity contribution in [1.29, 1.82) is 0 Å². The number of nitrogens with two attached hydrogens (primary N) is 1. The number of unbranched alkanes of at least 4 members (excludes halogenated alkanes) is 2. The van der Waals surface area contributed by atoms with Crippen molar-refractivity contribution < 1.29 is 14.7 Å². The molecule has 0 bridgehead atoms. The maximum absolute atomic E-state index is 12.4. The number of rotatable bonds is 11. The minimum atomic E-state index is -0.769. The van der Waals surface area contributed by atoms with E-state index in [9.17, 15) is 9.59 Å². The highest BCUT2D eigenvalue weighted by atomic mass is 16.4. The fourth-order valence-electron chi connectivity index (χ4n) is 3.22. The van der Waals surface area contributed by atoms with E-state index in [0.29, 0.717) is 30.8 Å². The molecule has 1 heterocycles. The predicted octanol–water partition coefficient (Wildman–Crippen LogP) is 3.74. The predicted molar refractivity (Wildman–Crippen MR) is 119 cm³/mol. The Morgan fingerprint density at radius 1 is 1.00 bits per heavy atom. The quantitative estimate of drug-likeness (QED) is 0.320. The number of aliphatic carboxylic acids is 1. The minimum absolute atomic E-state index is 0.139. The highest BCUT2D eigenvalue weighted by Crippen LogP contribution is 2.27. The van der Waals surface area contributed by atoms with Crippen molar-refractivity contribution in [1.82, 2.24) is 15.0 Å². The van der Waals surface area contributed by atoms with Crippen LogP contribution < -0.4 is 11.1 Å². The molecule has 4 N–H and O–H groups in total. The molecule has 8 nitrogen and oxygen atoms in total. The van der Waals surface area contributed by atoms with Gasteiger partial charge in [0.15, 0.2) is 0 Å². The van der Waals surface area contributed by atoms with Crippen LogP contribution in [0.5, 0.6) is 0 Å². The summed E-state index contributed by atoms with van der Waals surface area (Å²) in [6.07, 6.45) is 5.09. The van der Waals surface area contributed by atoms with Gasteiger partial charge in [0, 0.05) is 32.0 Å². The second-order valence-corrected chi connectivity index (χ2v) is 7.39. The molecular weight excluding hydrogens is 394 g/mol. The zero-order valence-electron chi connectivity index (χ0n) is 17.3. The molecule has 1 amide bonds. The SMILES string of the molecule is Nc1ccc(-c2ccccc2)cc1NC(=O)CCc1cn(CCCCCC(=O)O)nn1. The van der Waals surface area contributed by atoms with Gasteiger partial charge in [0.05, 0.1) is 17.1 Å². The van der Waals surface area contributed by atoms with E-state index in [2.05, 4.69) is 15.6 Å². The number of carboxylic acids is 1. The van der Waals surface area contributed by atoms with Crippen LogP contribution in [0.2, 0.25) is 0 Å². The maximum Gasteiger partial charge on any atom is 0.303 e. The zero-order valence-corrected chi connectivity index (χ0v) is 17.3. The molecule has 0 unspecified atom stereocenters. The van der Waals surface area contributed by atoms with E-state index in [4.69, 9.17) is 10.8 Å². The van der Waals surface area contributed by atoms with E-state index in [-0.39, 0.29) is 18.7 Å². The van der Waals surface area contributed by atoms with Crippen molar-refractivity contribution in [2.75, 3.05) is 11.1 Å². The molecule has 2 aromatic carbocycles. The molecule has 0 saturated carbocycles. The number of hydrogen-bond acceptors (Lipinski definition) is 5. The lowest BCUT2D eigenvalue weighted by molar-refractivity contribution is -0.137.